The van der Waals surface area contributed by atoms with E-state index in [2.05, 4.69) is 10.6 Å². The highest BCUT2D eigenvalue weighted by Crippen LogP contribution is 1.96. The number of amides is 3. The summed E-state index contributed by atoms with van der Waals surface area (Å²) in [6.07, 6.45) is -0.104. The van der Waals surface area contributed by atoms with Crippen LogP contribution in [-0.2, 0) is 19.2 Å². The van der Waals surface area contributed by atoms with E-state index in [0.29, 0.717) is 0 Å². The number of rotatable bonds is 9. The summed E-state index contributed by atoms with van der Waals surface area (Å²) in [5, 5.41) is 22.0. The molecule has 0 aliphatic rings. The molecule has 10 nitrogen and oxygen atoms in total. The van der Waals surface area contributed by atoms with Gasteiger partial charge >= 0.3 is 5.97 Å². The highest BCUT2D eigenvalue weighted by atomic mass is 16.4. The Bertz CT molecular complexity index is 414. The van der Waals surface area contributed by atoms with E-state index in [1.165, 1.54) is 6.92 Å². The molecule has 120 valence electrons. The average Bonchev–Trinajstić information content (AvgIpc) is 2.41. The van der Waals surface area contributed by atoms with Crippen LogP contribution < -0.4 is 22.1 Å². The van der Waals surface area contributed by atoms with E-state index in [9.17, 15) is 19.2 Å². The highest BCUT2D eigenvalue weighted by molar-refractivity contribution is 5.91. The fourth-order valence-corrected chi connectivity index (χ4v) is 1.28. The van der Waals surface area contributed by atoms with Crippen LogP contribution in [0.25, 0.3) is 0 Å². The van der Waals surface area contributed by atoms with Gasteiger partial charge in [0, 0.05) is 6.42 Å². The maximum atomic E-state index is 11.7. The number of carbonyl (C=O) groups excluding carboxylic acids is 3. The highest BCUT2D eigenvalue weighted by Gasteiger charge is 2.25. The van der Waals surface area contributed by atoms with E-state index in [-0.39, 0.29) is 12.8 Å². The third kappa shape index (κ3) is 7.22. The molecule has 10 heteroatoms. The first-order valence-corrected chi connectivity index (χ1v) is 6.17. The predicted octanol–water partition coefficient (Wildman–Crippen LogP) is -3.35. The van der Waals surface area contributed by atoms with Gasteiger partial charge in [0.05, 0.1) is 12.6 Å². The van der Waals surface area contributed by atoms with Crippen molar-refractivity contribution in [1.29, 1.82) is 0 Å². The minimum Gasteiger partial charge on any atom is -0.480 e. The predicted molar refractivity (Wildman–Crippen MR) is 70.7 cm³/mol. The van der Waals surface area contributed by atoms with Crippen molar-refractivity contribution in [3.63, 3.8) is 0 Å². The molecule has 3 unspecified atom stereocenters. The molecule has 0 bridgehead atoms. The van der Waals surface area contributed by atoms with Crippen molar-refractivity contribution in [2.45, 2.75) is 37.9 Å². The molecule has 0 heterocycles. The summed E-state index contributed by atoms with van der Waals surface area (Å²) in [4.78, 5) is 44.5. The molecular weight excluding hydrogens is 284 g/mol. The van der Waals surface area contributed by atoms with Gasteiger partial charge in [0.15, 0.2) is 0 Å². The largest absolute Gasteiger partial charge is 0.480 e. The minimum atomic E-state index is -1.33. The van der Waals surface area contributed by atoms with E-state index in [1.807, 2.05) is 0 Å². The normalized spacial score (nSPS) is 14.6. The van der Waals surface area contributed by atoms with Gasteiger partial charge in [-0.2, -0.15) is 0 Å². The second-order valence-corrected chi connectivity index (χ2v) is 4.42. The lowest BCUT2D eigenvalue weighted by atomic mass is 10.1. The van der Waals surface area contributed by atoms with Gasteiger partial charge < -0.3 is 32.3 Å². The molecular formula is C11H20N4O6. The molecule has 3 atom stereocenters. The molecule has 0 saturated heterocycles. The zero-order valence-electron chi connectivity index (χ0n) is 11.5. The molecule has 0 spiro atoms. The number of primary amides is 1. The smallest absolute Gasteiger partial charge is 0.325 e. The molecule has 0 aromatic rings. The van der Waals surface area contributed by atoms with Crippen LogP contribution in [0, 0.1) is 0 Å². The fourth-order valence-electron chi connectivity index (χ4n) is 1.28. The first-order chi connectivity index (χ1) is 9.68. The summed E-state index contributed by atoms with van der Waals surface area (Å²) in [6, 6.07) is -3.58. The monoisotopic (exact) mass is 304 g/mol. The van der Waals surface area contributed by atoms with Crippen LogP contribution in [0.2, 0.25) is 0 Å². The van der Waals surface area contributed by atoms with E-state index in [1.54, 1.807) is 0 Å². The molecule has 3 amide bonds. The average molecular weight is 304 g/mol. The maximum absolute atomic E-state index is 11.7. The van der Waals surface area contributed by atoms with Gasteiger partial charge in [-0.15, -0.1) is 0 Å². The molecule has 0 radical (unpaired) electrons. The lowest BCUT2D eigenvalue weighted by Gasteiger charge is -2.19. The molecule has 0 aliphatic heterocycles. The number of carboxylic acid groups (broad SMARTS) is 1. The van der Waals surface area contributed by atoms with Crippen molar-refractivity contribution in [3.05, 3.63) is 0 Å². The molecule has 0 aromatic carbocycles. The minimum absolute atomic E-state index is 0.00748. The van der Waals surface area contributed by atoms with Gasteiger partial charge in [0.25, 0.3) is 0 Å². The van der Waals surface area contributed by atoms with Gasteiger partial charge in [-0.25, -0.2) is 0 Å². The summed E-state index contributed by atoms with van der Waals surface area (Å²) in [5.74, 6) is -3.49. The van der Waals surface area contributed by atoms with Crippen LogP contribution in [0.5, 0.6) is 0 Å². The Morgan fingerprint density at radius 3 is 2.14 bits per heavy atom. The Hall–Kier alpha value is -2.20. The Kier molecular flexibility index (Phi) is 7.94. The molecule has 0 aromatic heterocycles. The number of nitrogens with one attached hydrogen (secondary N) is 2. The molecule has 0 aliphatic carbocycles. The van der Waals surface area contributed by atoms with Crippen LogP contribution in [-0.4, -0.2) is 58.6 Å². The van der Waals surface area contributed by atoms with Crippen LogP contribution >= 0.6 is 0 Å². The quantitative estimate of drug-likeness (QED) is 0.257. The van der Waals surface area contributed by atoms with Crippen molar-refractivity contribution in [2.24, 2.45) is 11.5 Å². The van der Waals surface area contributed by atoms with Gasteiger partial charge in [0.2, 0.25) is 17.7 Å². The lowest BCUT2D eigenvalue weighted by molar-refractivity contribution is -0.142. The van der Waals surface area contributed by atoms with Crippen molar-refractivity contribution in [2.75, 3.05) is 6.61 Å². The fraction of sp³-hybridized carbons (Fsp3) is 0.636. The van der Waals surface area contributed by atoms with Crippen molar-refractivity contribution < 1.29 is 29.4 Å². The number of aliphatic hydroxyl groups excluding tert-OH is 1. The SMILES string of the molecule is CC(NC(=O)C(CO)NC(=O)C(N)CCC(N)=O)C(=O)O. The first kappa shape index (κ1) is 18.8. The number of aliphatic carboxylic acids is 1. The Morgan fingerprint density at radius 2 is 1.71 bits per heavy atom. The van der Waals surface area contributed by atoms with Crippen LogP contribution in [0.1, 0.15) is 19.8 Å². The number of aliphatic hydroxyl groups is 1. The number of nitrogens with two attached hydrogens (primary N) is 2. The van der Waals surface area contributed by atoms with Gasteiger partial charge in [-0.3, -0.25) is 19.2 Å². The van der Waals surface area contributed by atoms with E-state index < -0.39 is 48.4 Å². The van der Waals surface area contributed by atoms with Crippen LogP contribution in [0.4, 0.5) is 0 Å². The third-order valence-electron chi connectivity index (χ3n) is 2.58. The molecule has 0 saturated carbocycles. The lowest BCUT2D eigenvalue weighted by Crippen LogP contribution is -2.55. The van der Waals surface area contributed by atoms with Crippen molar-refractivity contribution in [3.8, 4) is 0 Å². The summed E-state index contributed by atoms with van der Waals surface area (Å²) < 4.78 is 0. The molecule has 21 heavy (non-hydrogen) atoms. The third-order valence-corrected chi connectivity index (χ3v) is 2.58. The Balaban J connectivity index is 4.47. The summed E-state index contributed by atoms with van der Waals surface area (Å²) in [5.41, 5.74) is 10.4. The maximum Gasteiger partial charge on any atom is 0.325 e. The second-order valence-electron chi connectivity index (χ2n) is 4.42. The van der Waals surface area contributed by atoms with Gasteiger partial charge in [-0.05, 0) is 13.3 Å². The summed E-state index contributed by atoms with van der Waals surface area (Å²) in [7, 11) is 0. The zero-order valence-corrected chi connectivity index (χ0v) is 11.5. The standard InChI is InChI=1S/C11H20N4O6/c1-5(11(20)21)14-10(19)7(4-16)15-9(18)6(12)2-3-8(13)17/h5-7,16H,2-4,12H2,1H3,(H2,13,17)(H,14,19)(H,15,18)(H,20,21). The Morgan fingerprint density at radius 1 is 1.14 bits per heavy atom. The van der Waals surface area contributed by atoms with Crippen LogP contribution in [0.3, 0.4) is 0 Å². The zero-order chi connectivity index (χ0) is 16.6. The second kappa shape index (κ2) is 8.87. The number of hydrogen-bond acceptors (Lipinski definition) is 6. The van der Waals surface area contributed by atoms with Gasteiger partial charge in [0.1, 0.15) is 12.1 Å². The Labute approximate surface area is 120 Å². The molecule has 8 N–H and O–H groups in total. The number of carbonyl (C=O) groups is 4. The number of carboxylic acids is 1. The van der Waals surface area contributed by atoms with Gasteiger partial charge in [-0.1, -0.05) is 0 Å². The summed E-state index contributed by atoms with van der Waals surface area (Å²) in [6.45, 7) is 0.502. The molecule has 0 rings (SSSR count). The van der Waals surface area contributed by atoms with E-state index in [4.69, 9.17) is 21.7 Å². The van der Waals surface area contributed by atoms with E-state index in [0.717, 1.165) is 0 Å². The van der Waals surface area contributed by atoms with Crippen LogP contribution in [0.15, 0.2) is 0 Å². The first-order valence-electron chi connectivity index (χ1n) is 6.17. The van der Waals surface area contributed by atoms with Crippen molar-refractivity contribution in [1.82, 2.24) is 10.6 Å². The van der Waals surface area contributed by atoms with Crippen molar-refractivity contribution >= 4 is 23.7 Å². The van der Waals surface area contributed by atoms with E-state index >= 15 is 0 Å². The summed E-state index contributed by atoms with van der Waals surface area (Å²) >= 11 is 0. The topological polar surface area (TPSA) is 185 Å². The molecule has 0 fully saturated rings. The number of hydrogen-bond donors (Lipinski definition) is 6.